The van der Waals surface area contributed by atoms with Crippen LogP contribution in [0.15, 0.2) is 11.0 Å². The minimum atomic E-state index is -1.21. The lowest BCUT2D eigenvalue weighted by Gasteiger charge is -2.23. The molecule has 0 unspecified atom stereocenters. The number of nitrogens with zero attached hydrogens (tertiary/aromatic N) is 2. The molecule has 2 rings (SSSR count). The number of fused-ring (bicyclic) bond motifs is 1. The molecular formula is C10H12N2O3. The lowest BCUT2D eigenvalue weighted by molar-refractivity contribution is 0.0693. The molecule has 1 aromatic heterocycles. The van der Waals surface area contributed by atoms with E-state index in [4.69, 9.17) is 5.11 Å². The molecule has 0 radical (unpaired) electrons. The highest BCUT2D eigenvalue weighted by Crippen LogP contribution is 2.20. The van der Waals surface area contributed by atoms with E-state index in [2.05, 4.69) is 4.98 Å². The van der Waals surface area contributed by atoms with Gasteiger partial charge in [-0.25, -0.2) is 9.78 Å². The van der Waals surface area contributed by atoms with Gasteiger partial charge >= 0.3 is 5.97 Å². The molecule has 2 heterocycles. The summed E-state index contributed by atoms with van der Waals surface area (Å²) >= 11 is 0. The molecule has 0 saturated heterocycles. The van der Waals surface area contributed by atoms with Gasteiger partial charge in [0.05, 0.1) is 0 Å². The summed E-state index contributed by atoms with van der Waals surface area (Å²) in [5.41, 5.74) is -0.674. The number of aromatic nitrogens is 2. The van der Waals surface area contributed by atoms with Crippen molar-refractivity contribution in [3.05, 3.63) is 27.9 Å². The van der Waals surface area contributed by atoms with E-state index in [1.807, 2.05) is 6.92 Å². The summed E-state index contributed by atoms with van der Waals surface area (Å²) in [7, 11) is 0. The van der Waals surface area contributed by atoms with Crippen LogP contribution in [0, 0.1) is 0 Å². The van der Waals surface area contributed by atoms with Crippen molar-refractivity contribution < 1.29 is 9.90 Å². The average molecular weight is 208 g/mol. The van der Waals surface area contributed by atoms with Crippen LogP contribution in [0.1, 0.15) is 42.0 Å². The quantitative estimate of drug-likeness (QED) is 0.742. The van der Waals surface area contributed by atoms with Gasteiger partial charge in [-0.1, -0.05) is 0 Å². The van der Waals surface area contributed by atoms with E-state index in [-0.39, 0.29) is 11.6 Å². The fraction of sp³-hybridized carbons (Fsp3) is 0.500. The maximum absolute atomic E-state index is 11.8. The van der Waals surface area contributed by atoms with Gasteiger partial charge in [0.2, 0.25) is 0 Å². The first-order chi connectivity index (χ1) is 7.11. The van der Waals surface area contributed by atoms with E-state index in [1.165, 1.54) is 4.57 Å². The van der Waals surface area contributed by atoms with Crippen LogP contribution in [0.3, 0.4) is 0 Å². The zero-order valence-electron chi connectivity index (χ0n) is 8.43. The van der Waals surface area contributed by atoms with Gasteiger partial charge in [0, 0.05) is 18.7 Å². The predicted octanol–water partition coefficient (Wildman–Crippen LogP) is 0.839. The number of carboxylic acid groups (broad SMARTS) is 1. The van der Waals surface area contributed by atoms with Gasteiger partial charge in [-0.15, -0.1) is 0 Å². The highest BCUT2D eigenvalue weighted by molar-refractivity contribution is 5.86. The fourth-order valence-corrected chi connectivity index (χ4v) is 1.97. The molecule has 0 amide bonds. The van der Waals surface area contributed by atoms with Crippen molar-refractivity contribution >= 4 is 5.97 Å². The third-order valence-electron chi connectivity index (χ3n) is 2.76. The summed E-state index contributed by atoms with van der Waals surface area (Å²) < 4.78 is 1.51. The van der Waals surface area contributed by atoms with E-state index in [9.17, 15) is 9.59 Å². The van der Waals surface area contributed by atoms with E-state index in [1.54, 1.807) is 0 Å². The Morgan fingerprint density at radius 2 is 2.40 bits per heavy atom. The molecule has 1 atom stereocenters. The van der Waals surface area contributed by atoms with E-state index in [0.29, 0.717) is 5.82 Å². The number of carbonyl (C=O) groups is 1. The Hall–Kier alpha value is -1.65. The number of aryl methyl sites for hydroxylation is 1. The van der Waals surface area contributed by atoms with Crippen molar-refractivity contribution in [3.8, 4) is 0 Å². The van der Waals surface area contributed by atoms with E-state index in [0.717, 1.165) is 25.5 Å². The van der Waals surface area contributed by atoms with E-state index < -0.39 is 11.5 Å². The maximum Gasteiger partial charge on any atom is 0.342 e. The SMILES string of the molecule is C[C@@H]1CCCc2ncc(C(=O)O)c(=O)n21. The third kappa shape index (κ3) is 1.54. The Labute approximate surface area is 86.4 Å². The minimum Gasteiger partial charge on any atom is -0.477 e. The van der Waals surface area contributed by atoms with Crippen molar-refractivity contribution in [2.24, 2.45) is 0 Å². The van der Waals surface area contributed by atoms with Crippen LogP contribution in [-0.4, -0.2) is 20.6 Å². The molecule has 5 nitrogen and oxygen atoms in total. The van der Waals surface area contributed by atoms with Crippen LogP contribution in [-0.2, 0) is 6.42 Å². The van der Waals surface area contributed by atoms with Gasteiger partial charge in [-0.2, -0.15) is 0 Å². The summed E-state index contributed by atoms with van der Waals surface area (Å²) in [5, 5.41) is 8.80. The van der Waals surface area contributed by atoms with Crippen LogP contribution in [0.2, 0.25) is 0 Å². The average Bonchev–Trinajstić information content (AvgIpc) is 2.17. The number of rotatable bonds is 1. The smallest absolute Gasteiger partial charge is 0.342 e. The van der Waals surface area contributed by atoms with Gasteiger partial charge in [0.1, 0.15) is 11.4 Å². The van der Waals surface area contributed by atoms with Crippen LogP contribution in [0.4, 0.5) is 0 Å². The second kappa shape index (κ2) is 3.49. The summed E-state index contributed by atoms with van der Waals surface area (Å²) in [6, 6.07) is 0.0491. The minimum absolute atomic E-state index is 0.0491. The number of aromatic carboxylic acids is 1. The molecule has 0 saturated carbocycles. The largest absolute Gasteiger partial charge is 0.477 e. The van der Waals surface area contributed by atoms with Crippen LogP contribution in [0.25, 0.3) is 0 Å². The fourth-order valence-electron chi connectivity index (χ4n) is 1.97. The monoisotopic (exact) mass is 208 g/mol. The summed E-state index contributed by atoms with van der Waals surface area (Å²) in [6.45, 7) is 1.91. The van der Waals surface area contributed by atoms with Crippen LogP contribution < -0.4 is 5.56 Å². The molecule has 0 aromatic carbocycles. The number of hydrogen-bond acceptors (Lipinski definition) is 3. The zero-order chi connectivity index (χ0) is 11.0. The van der Waals surface area contributed by atoms with Gasteiger partial charge in [0.15, 0.2) is 0 Å². The summed E-state index contributed by atoms with van der Waals surface area (Å²) in [5.74, 6) is -0.510. The molecule has 0 bridgehead atoms. The molecule has 80 valence electrons. The summed E-state index contributed by atoms with van der Waals surface area (Å²) in [4.78, 5) is 26.6. The van der Waals surface area contributed by atoms with Gasteiger partial charge in [-0.3, -0.25) is 9.36 Å². The Morgan fingerprint density at radius 3 is 3.07 bits per heavy atom. The maximum atomic E-state index is 11.8. The predicted molar refractivity (Wildman–Crippen MR) is 53.1 cm³/mol. The third-order valence-corrected chi connectivity index (χ3v) is 2.76. The zero-order valence-corrected chi connectivity index (χ0v) is 8.43. The van der Waals surface area contributed by atoms with E-state index >= 15 is 0 Å². The highest BCUT2D eigenvalue weighted by atomic mass is 16.4. The second-order valence-electron chi connectivity index (χ2n) is 3.81. The molecule has 5 heteroatoms. The first kappa shape index (κ1) is 9.89. The Morgan fingerprint density at radius 1 is 1.67 bits per heavy atom. The van der Waals surface area contributed by atoms with Crippen LogP contribution >= 0.6 is 0 Å². The molecule has 0 aliphatic carbocycles. The summed E-state index contributed by atoms with van der Waals surface area (Å²) in [6.07, 6.45) is 3.81. The molecule has 1 N–H and O–H groups in total. The molecule has 1 aliphatic rings. The van der Waals surface area contributed by atoms with Crippen LogP contribution in [0.5, 0.6) is 0 Å². The van der Waals surface area contributed by atoms with Gasteiger partial charge < -0.3 is 5.11 Å². The van der Waals surface area contributed by atoms with Gasteiger partial charge in [-0.05, 0) is 19.8 Å². The Bertz CT molecular complexity index is 464. The van der Waals surface area contributed by atoms with Crippen molar-refractivity contribution in [2.45, 2.75) is 32.2 Å². The molecular weight excluding hydrogens is 196 g/mol. The normalized spacial score (nSPS) is 19.7. The first-order valence-corrected chi connectivity index (χ1v) is 4.95. The molecule has 1 aliphatic heterocycles. The standard InChI is InChI=1S/C10H12N2O3/c1-6-3-2-4-8-11-5-7(10(14)15)9(13)12(6)8/h5-6H,2-4H2,1H3,(H,14,15)/t6-/m1/s1. The number of hydrogen-bond donors (Lipinski definition) is 1. The lowest BCUT2D eigenvalue weighted by atomic mass is 10.1. The highest BCUT2D eigenvalue weighted by Gasteiger charge is 2.21. The van der Waals surface area contributed by atoms with Crippen molar-refractivity contribution in [3.63, 3.8) is 0 Å². The molecule has 0 fully saturated rings. The molecule has 1 aromatic rings. The topological polar surface area (TPSA) is 72.2 Å². The molecule has 15 heavy (non-hydrogen) atoms. The van der Waals surface area contributed by atoms with Crippen molar-refractivity contribution in [1.82, 2.24) is 9.55 Å². The van der Waals surface area contributed by atoms with Gasteiger partial charge in [0.25, 0.3) is 5.56 Å². The molecule has 0 spiro atoms. The Kier molecular flexibility index (Phi) is 2.30. The van der Waals surface area contributed by atoms with Crippen molar-refractivity contribution in [1.29, 1.82) is 0 Å². The first-order valence-electron chi connectivity index (χ1n) is 4.95. The second-order valence-corrected chi connectivity index (χ2v) is 3.81. The number of carboxylic acids is 1. The lowest BCUT2D eigenvalue weighted by Crippen LogP contribution is -2.34. The Balaban J connectivity index is 2.65. The van der Waals surface area contributed by atoms with Crippen molar-refractivity contribution in [2.75, 3.05) is 0 Å².